The quantitative estimate of drug-likeness (QED) is 0.524. The molecule has 146 valence electrons. The van der Waals surface area contributed by atoms with Crippen LogP contribution in [0.2, 0.25) is 0 Å². The normalized spacial score (nSPS) is 11.8. The number of carbonyl (C=O) groups is 1. The molecule has 9 heteroatoms. The molecule has 1 aromatic heterocycles. The molecular formula is C19H17BrN2O4S2. The van der Waals surface area contributed by atoms with Gasteiger partial charge in [-0.05, 0) is 49.4 Å². The van der Waals surface area contributed by atoms with Crippen LogP contribution in [0, 0.1) is 0 Å². The van der Waals surface area contributed by atoms with Crippen LogP contribution in [0.5, 0.6) is 5.75 Å². The summed E-state index contributed by atoms with van der Waals surface area (Å²) in [5.41, 5.74) is 1.40. The molecule has 3 aromatic rings. The Hall–Kier alpha value is -2.23. The van der Waals surface area contributed by atoms with Crippen LogP contribution in [-0.2, 0) is 14.6 Å². The van der Waals surface area contributed by atoms with Crippen LogP contribution >= 0.6 is 27.3 Å². The number of fused-ring (bicyclic) bond motifs is 1. The van der Waals surface area contributed by atoms with E-state index in [1.165, 1.54) is 23.5 Å². The van der Waals surface area contributed by atoms with Gasteiger partial charge in [0.05, 0.1) is 21.7 Å². The number of nitrogens with one attached hydrogen (secondary N) is 1. The molecule has 0 aliphatic heterocycles. The third-order valence-electron chi connectivity index (χ3n) is 3.70. The zero-order valence-corrected chi connectivity index (χ0v) is 18.3. The number of sulfone groups is 1. The van der Waals surface area contributed by atoms with Gasteiger partial charge in [-0.1, -0.05) is 27.3 Å². The summed E-state index contributed by atoms with van der Waals surface area (Å²) >= 11 is 4.62. The van der Waals surface area contributed by atoms with Crippen molar-refractivity contribution in [1.29, 1.82) is 0 Å². The fraction of sp³-hybridized carbons (Fsp3) is 0.158. The molecule has 3 rings (SSSR count). The summed E-state index contributed by atoms with van der Waals surface area (Å²) in [6.45, 7) is 2.42. The zero-order chi connectivity index (χ0) is 20.3. The van der Waals surface area contributed by atoms with Crippen molar-refractivity contribution in [1.82, 2.24) is 4.98 Å². The van der Waals surface area contributed by atoms with Gasteiger partial charge < -0.3 is 4.74 Å². The predicted molar refractivity (Wildman–Crippen MR) is 116 cm³/mol. The maximum atomic E-state index is 12.3. The van der Waals surface area contributed by atoms with E-state index in [2.05, 4.69) is 26.2 Å². The number of hydrogen-bond donors (Lipinski definition) is 1. The van der Waals surface area contributed by atoms with E-state index in [4.69, 9.17) is 4.74 Å². The number of rotatable bonds is 6. The first-order valence-electron chi connectivity index (χ1n) is 8.28. The van der Waals surface area contributed by atoms with E-state index >= 15 is 0 Å². The van der Waals surface area contributed by atoms with Gasteiger partial charge in [-0.3, -0.25) is 10.1 Å². The molecule has 0 bridgehead atoms. The second-order valence-electron chi connectivity index (χ2n) is 5.86. The Bertz CT molecular complexity index is 1170. The van der Waals surface area contributed by atoms with E-state index in [-0.39, 0.29) is 10.8 Å². The number of hydrogen-bond acceptors (Lipinski definition) is 6. The molecule has 0 aliphatic rings. The first kappa shape index (κ1) is 20.5. The molecule has 0 aliphatic carbocycles. The average Bonchev–Trinajstić information content (AvgIpc) is 3.02. The van der Waals surface area contributed by atoms with E-state index in [0.29, 0.717) is 27.7 Å². The topological polar surface area (TPSA) is 85.4 Å². The lowest BCUT2D eigenvalue weighted by molar-refractivity contribution is -0.111. The fourth-order valence-corrected chi connectivity index (χ4v) is 4.45. The number of amides is 1. The SMILES string of the molecule is CCOc1ccc(Br)cc1/C=C/C(=O)Nc1nc2ccc(S(C)(=O)=O)cc2s1. The summed E-state index contributed by atoms with van der Waals surface area (Å²) in [6.07, 6.45) is 4.22. The largest absolute Gasteiger partial charge is 0.493 e. The van der Waals surface area contributed by atoms with Gasteiger partial charge in [-0.2, -0.15) is 0 Å². The lowest BCUT2D eigenvalue weighted by atomic mass is 10.2. The minimum Gasteiger partial charge on any atom is -0.493 e. The highest BCUT2D eigenvalue weighted by atomic mass is 79.9. The third kappa shape index (κ3) is 4.98. The molecule has 6 nitrogen and oxygen atoms in total. The smallest absolute Gasteiger partial charge is 0.250 e. The van der Waals surface area contributed by atoms with Crippen LogP contribution in [0.25, 0.3) is 16.3 Å². The number of nitrogens with zero attached hydrogens (tertiary/aromatic N) is 1. The third-order valence-corrected chi connectivity index (χ3v) is 6.24. The number of halogens is 1. The molecule has 1 N–H and O–H groups in total. The van der Waals surface area contributed by atoms with Crippen LogP contribution in [0.4, 0.5) is 5.13 Å². The van der Waals surface area contributed by atoms with Crippen molar-refractivity contribution in [2.45, 2.75) is 11.8 Å². The Kier molecular flexibility index (Phi) is 6.17. The van der Waals surface area contributed by atoms with E-state index < -0.39 is 9.84 Å². The highest BCUT2D eigenvalue weighted by Gasteiger charge is 2.11. The van der Waals surface area contributed by atoms with Crippen LogP contribution in [0.3, 0.4) is 0 Å². The van der Waals surface area contributed by atoms with E-state index in [1.54, 1.807) is 18.2 Å². The minimum atomic E-state index is -3.30. The highest BCUT2D eigenvalue weighted by molar-refractivity contribution is 9.10. The molecule has 0 unspecified atom stereocenters. The molecule has 0 fully saturated rings. The number of aromatic nitrogens is 1. The van der Waals surface area contributed by atoms with Crippen molar-refractivity contribution in [2.75, 3.05) is 18.2 Å². The molecule has 0 saturated carbocycles. The fourth-order valence-electron chi connectivity index (χ4n) is 2.44. The van der Waals surface area contributed by atoms with E-state index in [0.717, 1.165) is 16.3 Å². The van der Waals surface area contributed by atoms with Gasteiger partial charge in [0.15, 0.2) is 15.0 Å². The number of ether oxygens (including phenoxy) is 1. The van der Waals surface area contributed by atoms with E-state index in [1.807, 2.05) is 25.1 Å². The molecule has 2 aromatic carbocycles. The molecule has 1 heterocycles. The van der Waals surface area contributed by atoms with Crippen molar-refractivity contribution in [2.24, 2.45) is 0 Å². The number of anilines is 1. The monoisotopic (exact) mass is 480 g/mol. The molecule has 0 radical (unpaired) electrons. The van der Waals surface area contributed by atoms with Crippen molar-refractivity contribution >= 4 is 64.4 Å². The van der Waals surface area contributed by atoms with Crippen LogP contribution in [-0.4, -0.2) is 32.2 Å². The molecule has 1 amide bonds. The maximum absolute atomic E-state index is 12.3. The van der Waals surface area contributed by atoms with Crippen LogP contribution in [0.1, 0.15) is 12.5 Å². The van der Waals surface area contributed by atoms with Crippen molar-refractivity contribution in [3.63, 3.8) is 0 Å². The van der Waals surface area contributed by atoms with Crippen LogP contribution in [0.15, 0.2) is 51.8 Å². The second kappa shape index (κ2) is 8.42. The van der Waals surface area contributed by atoms with Crippen molar-refractivity contribution in [3.05, 3.63) is 52.5 Å². The molecular weight excluding hydrogens is 464 g/mol. The van der Waals surface area contributed by atoms with Gasteiger partial charge in [0.1, 0.15) is 5.75 Å². The summed E-state index contributed by atoms with van der Waals surface area (Å²) in [6, 6.07) is 10.3. The number of benzene rings is 2. The summed E-state index contributed by atoms with van der Waals surface area (Å²) in [7, 11) is -3.30. The minimum absolute atomic E-state index is 0.222. The molecule has 28 heavy (non-hydrogen) atoms. The van der Waals surface area contributed by atoms with Gasteiger partial charge in [-0.15, -0.1) is 0 Å². The van der Waals surface area contributed by atoms with Gasteiger partial charge >= 0.3 is 0 Å². The van der Waals surface area contributed by atoms with Crippen molar-refractivity contribution < 1.29 is 17.9 Å². The summed E-state index contributed by atoms with van der Waals surface area (Å²) < 4.78 is 30.5. The first-order chi connectivity index (χ1) is 13.3. The van der Waals surface area contributed by atoms with Gasteiger partial charge in [0.25, 0.3) is 0 Å². The maximum Gasteiger partial charge on any atom is 0.250 e. The highest BCUT2D eigenvalue weighted by Crippen LogP contribution is 2.28. The van der Waals surface area contributed by atoms with Gasteiger partial charge in [0.2, 0.25) is 5.91 Å². The first-order valence-corrected chi connectivity index (χ1v) is 11.8. The van der Waals surface area contributed by atoms with Gasteiger partial charge in [-0.25, -0.2) is 13.4 Å². The standard InChI is InChI=1S/C19H17BrN2O4S2/c1-3-26-16-8-5-13(20)10-12(16)4-9-18(23)22-19-21-15-7-6-14(28(2,24)25)11-17(15)27-19/h4-11H,3H2,1-2H3,(H,21,22,23)/b9-4+. The molecule has 0 spiro atoms. The Labute approximate surface area is 175 Å². The van der Waals surface area contributed by atoms with Crippen molar-refractivity contribution in [3.8, 4) is 5.75 Å². The summed E-state index contributed by atoms with van der Waals surface area (Å²) in [5.74, 6) is 0.341. The molecule has 0 atom stereocenters. The Morgan fingerprint density at radius 1 is 1.29 bits per heavy atom. The van der Waals surface area contributed by atoms with Crippen LogP contribution < -0.4 is 10.1 Å². The Morgan fingerprint density at radius 3 is 2.79 bits per heavy atom. The Morgan fingerprint density at radius 2 is 2.07 bits per heavy atom. The predicted octanol–water partition coefficient (Wildman–Crippen LogP) is 4.51. The Balaban J connectivity index is 1.78. The lowest BCUT2D eigenvalue weighted by Gasteiger charge is -2.07. The number of carbonyl (C=O) groups excluding carboxylic acids is 1. The number of thiazole rings is 1. The van der Waals surface area contributed by atoms with E-state index in [9.17, 15) is 13.2 Å². The summed E-state index contributed by atoms with van der Waals surface area (Å²) in [5, 5.41) is 3.10. The lowest BCUT2D eigenvalue weighted by Crippen LogP contribution is -2.07. The van der Waals surface area contributed by atoms with Gasteiger partial charge in [0, 0.05) is 22.4 Å². The zero-order valence-electron chi connectivity index (χ0n) is 15.1. The average molecular weight is 481 g/mol. The summed E-state index contributed by atoms with van der Waals surface area (Å²) in [4.78, 5) is 16.8. The molecule has 0 saturated heterocycles. The second-order valence-corrected chi connectivity index (χ2v) is 9.82.